The van der Waals surface area contributed by atoms with Gasteiger partial charge in [-0.3, -0.25) is 9.59 Å². The Hall–Kier alpha value is -1.06. The van der Waals surface area contributed by atoms with Crippen LogP contribution in [0.2, 0.25) is 0 Å². The molecule has 2 atom stereocenters. The molecule has 2 unspecified atom stereocenters. The smallest absolute Gasteiger partial charge is 0.307 e. The van der Waals surface area contributed by atoms with Crippen LogP contribution >= 0.6 is 0 Å². The van der Waals surface area contributed by atoms with Crippen molar-refractivity contribution in [2.45, 2.75) is 46.5 Å². The lowest BCUT2D eigenvalue weighted by atomic mass is 9.83. The molecule has 0 bridgehead atoms. The van der Waals surface area contributed by atoms with Gasteiger partial charge in [0.15, 0.2) is 0 Å². The third-order valence-electron chi connectivity index (χ3n) is 4.25. The number of amides is 1. The highest BCUT2D eigenvalue weighted by molar-refractivity contribution is 5.84. The summed E-state index contributed by atoms with van der Waals surface area (Å²) in [5.41, 5.74) is 0. The first-order valence-electron chi connectivity index (χ1n) is 6.92. The van der Waals surface area contributed by atoms with E-state index in [1.54, 1.807) is 13.8 Å². The minimum absolute atomic E-state index is 0.136. The van der Waals surface area contributed by atoms with Gasteiger partial charge in [0.05, 0.1) is 5.92 Å². The standard InChI is InChI=1S/C14H25NO3/c1-9-4-6-12(7-5-9)8-15-13(16)10(2)11(3)14(17)18/h9-12H,4-8H2,1-3H3,(H,15,16)(H,17,18). The molecule has 0 radical (unpaired) electrons. The molecule has 1 aliphatic rings. The van der Waals surface area contributed by atoms with Gasteiger partial charge in [0.1, 0.15) is 0 Å². The van der Waals surface area contributed by atoms with Crippen LogP contribution in [0.15, 0.2) is 0 Å². The van der Waals surface area contributed by atoms with Crippen LogP contribution in [0.1, 0.15) is 46.5 Å². The average molecular weight is 255 g/mol. The van der Waals surface area contributed by atoms with E-state index >= 15 is 0 Å². The predicted molar refractivity (Wildman–Crippen MR) is 70.1 cm³/mol. The van der Waals surface area contributed by atoms with Crippen molar-refractivity contribution < 1.29 is 14.7 Å². The monoisotopic (exact) mass is 255 g/mol. The van der Waals surface area contributed by atoms with E-state index in [0.717, 1.165) is 5.92 Å². The summed E-state index contributed by atoms with van der Waals surface area (Å²) in [4.78, 5) is 22.6. The maximum absolute atomic E-state index is 11.8. The lowest BCUT2D eigenvalue weighted by Crippen LogP contribution is -2.38. The fourth-order valence-corrected chi connectivity index (χ4v) is 2.38. The molecule has 0 heterocycles. The Kier molecular flexibility index (Phi) is 5.63. The molecule has 0 aromatic carbocycles. The van der Waals surface area contributed by atoms with Crippen molar-refractivity contribution in [3.63, 3.8) is 0 Å². The van der Waals surface area contributed by atoms with E-state index in [-0.39, 0.29) is 5.91 Å². The van der Waals surface area contributed by atoms with Crippen molar-refractivity contribution >= 4 is 11.9 Å². The third kappa shape index (κ3) is 4.31. The van der Waals surface area contributed by atoms with E-state index in [2.05, 4.69) is 12.2 Å². The quantitative estimate of drug-likeness (QED) is 0.792. The van der Waals surface area contributed by atoms with E-state index < -0.39 is 17.8 Å². The second-order valence-corrected chi connectivity index (χ2v) is 5.79. The summed E-state index contributed by atoms with van der Waals surface area (Å²) >= 11 is 0. The van der Waals surface area contributed by atoms with Crippen LogP contribution in [-0.2, 0) is 9.59 Å². The van der Waals surface area contributed by atoms with Gasteiger partial charge in [0, 0.05) is 12.5 Å². The highest BCUT2D eigenvalue weighted by Crippen LogP contribution is 2.27. The zero-order chi connectivity index (χ0) is 13.7. The molecular weight excluding hydrogens is 230 g/mol. The summed E-state index contributed by atoms with van der Waals surface area (Å²) in [6.45, 7) is 6.22. The molecule has 1 rings (SSSR count). The van der Waals surface area contributed by atoms with Gasteiger partial charge in [-0.25, -0.2) is 0 Å². The van der Waals surface area contributed by atoms with Crippen molar-refractivity contribution in [2.75, 3.05) is 6.54 Å². The predicted octanol–water partition coefficient (Wildman–Crippen LogP) is 2.29. The minimum Gasteiger partial charge on any atom is -0.481 e. The summed E-state index contributed by atoms with van der Waals surface area (Å²) in [7, 11) is 0. The van der Waals surface area contributed by atoms with E-state index in [1.165, 1.54) is 25.7 Å². The van der Waals surface area contributed by atoms with Crippen LogP contribution in [0.3, 0.4) is 0 Å². The molecule has 4 nitrogen and oxygen atoms in total. The largest absolute Gasteiger partial charge is 0.481 e. The van der Waals surface area contributed by atoms with E-state index in [1.807, 2.05) is 0 Å². The summed E-state index contributed by atoms with van der Waals surface area (Å²) in [6.07, 6.45) is 4.82. The van der Waals surface area contributed by atoms with Crippen LogP contribution < -0.4 is 5.32 Å². The Morgan fingerprint density at radius 3 is 2.22 bits per heavy atom. The first kappa shape index (κ1) is 15.0. The summed E-state index contributed by atoms with van der Waals surface area (Å²) < 4.78 is 0. The van der Waals surface area contributed by atoms with E-state index in [0.29, 0.717) is 12.5 Å². The highest BCUT2D eigenvalue weighted by atomic mass is 16.4. The molecule has 2 N–H and O–H groups in total. The maximum atomic E-state index is 11.8. The number of carboxylic acid groups (broad SMARTS) is 1. The van der Waals surface area contributed by atoms with Gasteiger partial charge in [-0.05, 0) is 24.7 Å². The molecule has 104 valence electrons. The van der Waals surface area contributed by atoms with Crippen LogP contribution in [0.4, 0.5) is 0 Å². The molecule has 1 aliphatic carbocycles. The first-order chi connectivity index (χ1) is 8.41. The fraction of sp³-hybridized carbons (Fsp3) is 0.857. The average Bonchev–Trinajstić information content (AvgIpc) is 2.35. The summed E-state index contributed by atoms with van der Waals surface area (Å²) in [6, 6.07) is 0. The van der Waals surface area contributed by atoms with Gasteiger partial charge in [0.25, 0.3) is 0 Å². The Balaban J connectivity index is 2.30. The Morgan fingerprint density at radius 1 is 1.17 bits per heavy atom. The number of rotatable bonds is 5. The molecule has 1 fully saturated rings. The van der Waals surface area contributed by atoms with Crippen LogP contribution in [0.25, 0.3) is 0 Å². The number of hydrogen-bond acceptors (Lipinski definition) is 2. The number of nitrogens with one attached hydrogen (secondary N) is 1. The third-order valence-corrected chi connectivity index (χ3v) is 4.25. The molecule has 0 spiro atoms. The van der Waals surface area contributed by atoms with Crippen LogP contribution in [0.5, 0.6) is 0 Å². The zero-order valence-electron chi connectivity index (χ0n) is 11.6. The van der Waals surface area contributed by atoms with Gasteiger partial charge in [-0.15, -0.1) is 0 Å². The van der Waals surface area contributed by atoms with Crippen LogP contribution in [-0.4, -0.2) is 23.5 Å². The van der Waals surface area contributed by atoms with Crippen LogP contribution in [0, 0.1) is 23.7 Å². The number of carbonyl (C=O) groups excluding carboxylic acids is 1. The molecule has 1 amide bonds. The second kappa shape index (κ2) is 6.76. The molecular formula is C14H25NO3. The lowest BCUT2D eigenvalue weighted by Gasteiger charge is -2.27. The Morgan fingerprint density at radius 2 is 1.72 bits per heavy atom. The van der Waals surface area contributed by atoms with Crippen molar-refractivity contribution in [2.24, 2.45) is 23.7 Å². The summed E-state index contributed by atoms with van der Waals surface area (Å²) in [5, 5.41) is 11.8. The Bertz CT molecular complexity index is 295. The number of carboxylic acids is 1. The SMILES string of the molecule is CC1CCC(CNC(=O)C(C)C(C)C(=O)O)CC1. The topological polar surface area (TPSA) is 66.4 Å². The first-order valence-corrected chi connectivity index (χ1v) is 6.92. The minimum atomic E-state index is -0.913. The van der Waals surface area contributed by atoms with Gasteiger partial charge in [0.2, 0.25) is 5.91 Å². The molecule has 18 heavy (non-hydrogen) atoms. The molecule has 0 aliphatic heterocycles. The molecule has 4 heteroatoms. The summed E-state index contributed by atoms with van der Waals surface area (Å²) in [5.74, 6) is -0.769. The van der Waals surface area contributed by atoms with Gasteiger partial charge < -0.3 is 10.4 Å². The molecule has 1 saturated carbocycles. The maximum Gasteiger partial charge on any atom is 0.307 e. The number of hydrogen-bond donors (Lipinski definition) is 2. The second-order valence-electron chi connectivity index (χ2n) is 5.79. The molecule has 0 saturated heterocycles. The normalized spacial score (nSPS) is 27.3. The zero-order valence-corrected chi connectivity index (χ0v) is 11.6. The Labute approximate surface area is 109 Å². The van der Waals surface area contributed by atoms with E-state index in [4.69, 9.17) is 5.11 Å². The number of carbonyl (C=O) groups is 2. The van der Waals surface area contributed by atoms with Crippen molar-refractivity contribution in [3.05, 3.63) is 0 Å². The van der Waals surface area contributed by atoms with Crippen molar-refractivity contribution in [3.8, 4) is 0 Å². The number of aliphatic carboxylic acids is 1. The van der Waals surface area contributed by atoms with Crippen molar-refractivity contribution in [1.82, 2.24) is 5.32 Å². The fourth-order valence-electron chi connectivity index (χ4n) is 2.38. The molecule has 0 aromatic rings. The lowest BCUT2D eigenvalue weighted by molar-refractivity contribution is -0.146. The van der Waals surface area contributed by atoms with E-state index in [9.17, 15) is 9.59 Å². The van der Waals surface area contributed by atoms with Gasteiger partial charge >= 0.3 is 5.97 Å². The highest BCUT2D eigenvalue weighted by Gasteiger charge is 2.26. The van der Waals surface area contributed by atoms with Crippen molar-refractivity contribution in [1.29, 1.82) is 0 Å². The van der Waals surface area contributed by atoms with Gasteiger partial charge in [-0.1, -0.05) is 33.6 Å². The van der Waals surface area contributed by atoms with Gasteiger partial charge in [-0.2, -0.15) is 0 Å². The molecule has 0 aromatic heterocycles.